The van der Waals surface area contributed by atoms with Gasteiger partial charge in [-0.25, -0.2) is 4.79 Å². The molecule has 0 unspecified atom stereocenters. The van der Waals surface area contributed by atoms with Gasteiger partial charge in [-0.15, -0.1) is 5.10 Å². The molecule has 1 atom stereocenters. The molecule has 0 aliphatic heterocycles. The number of aryl methyl sites for hydroxylation is 1. The van der Waals surface area contributed by atoms with E-state index in [9.17, 15) is 9.59 Å². The molecule has 9 heteroatoms. The lowest BCUT2D eigenvalue weighted by Gasteiger charge is -2.18. The van der Waals surface area contributed by atoms with Gasteiger partial charge in [0.1, 0.15) is 6.04 Å². The minimum atomic E-state index is -0.712. The summed E-state index contributed by atoms with van der Waals surface area (Å²) in [5.41, 5.74) is 2.18. The molecule has 0 fully saturated rings. The number of carbonyl (C=O) groups is 2. The molecule has 3 aromatic rings. The molecule has 0 saturated carbocycles. The van der Waals surface area contributed by atoms with Crippen LogP contribution < -0.4 is 16.0 Å². The molecule has 0 aliphatic rings. The van der Waals surface area contributed by atoms with Crippen LogP contribution in [-0.4, -0.2) is 34.7 Å². The Labute approximate surface area is 183 Å². The number of H-pyrrole nitrogens is 1. The fraction of sp³-hybridized carbons (Fsp3) is 0.238. The van der Waals surface area contributed by atoms with Crippen molar-refractivity contribution in [1.29, 1.82) is 0 Å². The van der Waals surface area contributed by atoms with Gasteiger partial charge in [0.05, 0.1) is 0 Å². The number of hydrogen-bond acceptors (Lipinski definition) is 5. The highest BCUT2D eigenvalue weighted by Gasteiger charge is 2.21. The molecule has 0 bridgehead atoms. The van der Waals surface area contributed by atoms with Crippen molar-refractivity contribution in [3.63, 3.8) is 0 Å². The van der Waals surface area contributed by atoms with Crippen LogP contribution >= 0.6 is 23.6 Å². The van der Waals surface area contributed by atoms with Crippen LogP contribution in [0.2, 0.25) is 0 Å². The molecule has 4 N–H and O–H groups in total. The third-order valence-corrected chi connectivity index (χ3v) is 5.35. The lowest BCUT2D eigenvalue weighted by atomic mass is 10.1. The van der Waals surface area contributed by atoms with Gasteiger partial charge in [-0.2, -0.15) is 0 Å². The van der Waals surface area contributed by atoms with Crippen molar-refractivity contribution in [2.45, 2.75) is 25.3 Å². The Morgan fingerprint density at radius 3 is 2.33 bits per heavy atom. The van der Waals surface area contributed by atoms with E-state index in [2.05, 4.69) is 38.3 Å². The van der Waals surface area contributed by atoms with Crippen LogP contribution in [-0.2, 0) is 17.6 Å². The van der Waals surface area contributed by atoms with E-state index in [0.717, 1.165) is 29.7 Å². The Morgan fingerprint density at radius 1 is 1.03 bits per heavy atom. The van der Waals surface area contributed by atoms with Crippen LogP contribution in [0.4, 0.5) is 9.93 Å². The first-order valence-electron chi connectivity index (χ1n) is 9.59. The molecule has 0 spiro atoms. The molecule has 0 radical (unpaired) electrons. The van der Waals surface area contributed by atoms with Gasteiger partial charge in [-0.3, -0.25) is 15.2 Å². The van der Waals surface area contributed by atoms with Crippen LogP contribution in [0, 0.1) is 3.95 Å². The SMILES string of the molecule is O=C(Nc1n[nH]c(=S)s1)N[C@@H](Cc1ccccc1)C(=O)NCCCc1ccccc1. The number of nitrogens with one attached hydrogen (secondary N) is 4. The number of amides is 3. The fourth-order valence-corrected chi connectivity index (χ4v) is 3.69. The Kier molecular flexibility index (Phi) is 8.10. The van der Waals surface area contributed by atoms with Crippen molar-refractivity contribution in [2.24, 2.45) is 0 Å². The van der Waals surface area contributed by atoms with Gasteiger partial charge in [0.2, 0.25) is 11.0 Å². The molecule has 3 rings (SSSR count). The smallest absolute Gasteiger partial charge is 0.321 e. The molecular formula is C21H23N5O2S2. The minimum absolute atomic E-state index is 0.225. The summed E-state index contributed by atoms with van der Waals surface area (Å²) in [5, 5.41) is 15.1. The van der Waals surface area contributed by atoms with Crippen molar-refractivity contribution in [3.05, 3.63) is 75.7 Å². The zero-order valence-corrected chi connectivity index (χ0v) is 17.9. The zero-order valence-electron chi connectivity index (χ0n) is 16.3. The number of rotatable bonds is 9. The van der Waals surface area contributed by atoms with Crippen LogP contribution in [0.1, 0.15) is 17.5 Å². The van der Waals surface area contributed by atoms with E-state index in [1.54, 1.807) is 0 Å². The number of carbonyl (C=O) groups excluding carboxylic acids is 2. The van der Waals surface area contributed by atoms with Gasteiger partial charge >= 0.3 is 6.03 Å². The predicted molar refractivity (Wildman–Crippen MR) is 121 cm³/mol. The first-order valence-corrected chi connectivity index (χ1v) is 10.8. The first kappa shape index (κ1) is 21.7. The van der Waals surface area contributed by atoms with Gasteiger partial charge in [0.15, 0.2) is 3.95 Å². The van der Waals surface area contributed by atoms with Crippen LogP contribution in [0.25, 0.3) is 0 Å². The van der Waals surface area contributed by atoms with E-state index >= 15 is 0 Å². The summed E-state index contributed by atoms with van der Waals surface area (Å²) >= 11 is 6.11. The highest BCUT2D eigenvalue weighted by atomic mass is 32.1. The van der Waals surface area contributed by atoms with E-state index in [0.29, 0.717) is 22.1 Å². The number of aromatic amines is 1. The summed E-state index contributed by atoms with van der Waals surface area (Å²) in [6.07, 6.45) is 2.08. The van der Waals surface area contributed by atoms with Gasteiger partial charge in [-0.05, 0) is 36.2 Å². The Bertz CT molecular complexity index is 1000. The summed E-state index contributed by atoms with van der Waals surface area (Å²) in [6, 6.07) is 18.5. The maximum atomic E-state index is 12.8. The van der Waals surface area contributed by atoms with Gasteiger partial charge in [-0.1, -0.05) is 72.0 Å². The van der Waals surface area contributed by atoms with Crippen molar-refractivity contribution < 1.29 is 9.59 Å². The summed E-state index contributed by atoms with van der Waals surface area (Å²) in [5.74, 6) is -0.225. The predicted octanol–water partition coefficient (Wildman–Crippen LogP) is 3.68. The second kappa shape index (κ2) is 11.2. The van der Waals surface area contributed by atoms with Crippen LogP contribution in [0.5, 0.6) is 0 Å². The number of urea groups is 1. The van der Waals surface area contributed by atoms with E-state index in [4.69, 9.17) is 12.2 Å². The molecule has 1 aromatic heterocycles. The largest absolute Gasteiger partial charge is 0.354 e. The third kappa shape index (κ3) is 7.09. The van der Waals surface area contributed by atoms with Gasteiger partial charge in [0, 0.05) is 13.0 Å². The number of aromatic nitrogens is 2. The highest BCUT2D eigenvalue weighted by molar-refractivity contribution is 7.73. The molecular weight excluding hydrogens is 418 g/mol. The molecule has 30 heavy (non-hydrogen) atoms. The van der Waals surface area contributed by atoms with Crippen molar-refractivity contribution >= 4 is 40.6 Å². The second-order valence-corrected chi connectivity index (χ2v) is 8.30. The standard InChI is InChI=1S/C21H23N5O2S2/c27-18(22-13-7-12-15-8-3-1-4-9-15)17(14-16-10-5-2-6-11-16)23-19(28)24-20-25-26-21(29)30-20/h1-6,8-11,17H,7,12-14H2,(H,22,27)(H,26,29)(H2,23,24,25,28)/t17-/m0/s1. The normalized spacial score (nSPS) is 11.5. The van der Waals surface area contributed by atoms with Crippen molar-refractivity contribution in [3.8, 4) is 0 Å². The lowest BCUT2D eigenvalue weighted by Crippen LogP contribution is -2.49. The number of anilines is 1. The van der Waals surface area contributed by atoms with Crippen LogP contribution in [0.15, 0.2) is 60.7 Å². The average Bonchev–Trinajstić information content (AvgIpc) is 3.16. The Hall–Kier alpha value is -3.04. The van der Waals surface area contributed by atoms with E-state index < -0.39 is 12.1 Å². The Balaban J connectivity index is 1.55. The molecule has 7 nitrogen and oxygen atoms in total. The van der Waals surface area contributed by atoms with Gasteiger partial charge in [0.25, 0.3) is 0 Å². The number of nitrogens with zero attached hydrogens (tertiary/aromatic N) is 1. The van der Waals surface area contributed by atoms with E-state index in [-0.39, 0.29) is 5.91 Å². The topological polar surface area (TPSA) is 98.9 Å². The number of hydrogen-bond donors (Lipinski definition) is 4. The molecule has 0 saturated heterocycles. The van der Waals surface area contributed by atoms with Crippen LogP contribution in [0.3, 0.4) is 0 Å². The van der Waals surface area contributed by atoms with Crippen molar-refractivity contribution in [1.82, 2.24) is 20.8 Å². The quantitative estimate of drug-likeness (QED) is 0.301. The molecule has 1 heterocycles. The summed E-state index contributed by atoms with van der Waals surface area (Å²) in [7, 11) is 0. The molecule has 3 amide bonds. The summed E-state index contributed by atoms with van der Waals surface area (Å²) < 4.78 is 0.460. The first-order chi connectivity index (χ1) is 14.6. The zero-order chi connectivity index (χ0) is 21.2. The summed E-state index contributed by atoms with van der Waals surface area (Å²) in [4.78, 5) is 25.1. The Morgan fingerprint density at radius 2 is 1.70 bits per heavy atom. The highest BCUT2D eigenvalue weighted by Crippen LogP contribution is 2.11. The molecule has 156 valence electrons. The summed E-state index contributed by atoms with van der Waals surface area (Å²) in [6.45, 7) is 0.531. The minimum Gasteiger partial charge on any atom is -0.354 e. The monoisotopic (exact) mass is 441 g/mol. The lowest BCUT2D eigenvalue weighted by molar-refractivity contribution is -0.122. The fourth-order valence-electron chi connectivity index (χ4n) is 2.91. The average molecular weight is 442 g/mol. The van der Waals surface area contributed by atoms with E-state index in [1.165, 1.54) is 5.56 Å². The number of benzene rings is 2. The maximum absolute atomic E-state index is 12.8. The second-order valence-electron chi connectivity index (χ2n) is 6.64. The van der Waals surface area contributed by atoms with Gasteiger partial charge < -0.3 is 10.6 Å². The molecule has 0 aliphatic carbocycles. The molecule has 2 aromatic carbocycles. The van der Waals surface area contributed by atoms with E-state index in [1.807, 2.05) is 48.5 Å². The maximum Gasteiger partial charge on any atom is 0.321 e. The third-order valence-electron chi connectivity index (χ3n) is 4.35. The van der Waals surface area contributed by atoms with Crippen molar-refractivity contribution in [2.75, 3.05) is 11.9 Å².